The van der Waals surface area contributed by atoms with Crippen molar-refractivity contribution in [2.45, 2.75) is 6.42 Å². The fraction of sp³-hybridized carbons (Fsp3) is 0.111. The monoisotopic (exact) mass is 323 g/mol. The summed E-state index contributed by atoms with van der Waals surface area (Å²) in [5, 5.41) is 17.0. The molecule has 0 spiro atoms. The van der Waals surface area contributed by atoms with Crippen LogP contribution in [0.25, 0.3) is 16.9 Å². The molecule has 2 aromatic carbocycles. The van der Waals surface area contributed by atoms with Crippen LogP contribution in [0.2, 0.25) is 0 Å². The van der Waals surface area contributed by atoms with Crippen molar-refractivity contribution in [3.8, 4) is 16.9 Å². The highest BCUT2D eigenvalue weighted by Gasteiger charge is 2.25. The second kappa shape index (κ2) is 5.49. The number of rotatable bonds is 3. The number of benzene rings is 2. The lowest BCUT2D eigenvalue weighted by molar-refractivity contribution is 0.0697. The largest absolute Gasteiger partial charge is 0.478 e. The minimum Gasteiger partial charge on any atom is -0.478 e. The minimum absolute atomic E-state index is 0.183. The number of carbonyl (C=O) groups is 1. The zero-order valence-electron chi connectivity index (χ0n) is 12.7. The molecule has 0 amide bonds. The molecule has 5 nitrogen and oxygen atoms in total. The van der Waals surface area contributed by atoms with E-state index in [0.29, 0.717) is 16.9 Å². The van der Waals surface area contributed by atoms with Crippen LogP contribution in [0.5, 0.6) is 0 Å². The van der Waals surface area contributed by atoms with Crippen molar-refractivity contribution in [1.82, 2.24) is 9.78 Å². The van der Waals surface area contributed by atoms with Gasteiger partial charge in [0.15, 0.2) is 0 Å². The number of hydrogen-bond acceptors (Lipinski definition) is 3. The minimum atomic E-state index is -0.997. The van der Waals surface area contributed by atoms with Crippen molar-refractivity contribution in [2.24, 2.45) is 0 Å². The Hall–Kier alpha value is -3.15. The van der Waals surface area contributed by atoms with Crippen LogP contribution in [-0.2, 0) is 6.42 Å². The molecule has 0 bridgehead atoms. The molecule has 2 heterocycles. The Labute approximate surface area is 137 Å². The first-order chi connectivity index (χ1) is 11.6. The number of carboxylic acids is 1. The van der Waals surface area contributed by atoms with Gasteiger partial charge in [0.1, 0.15) is 17.3 Å². The van der Waals surface area contributed by atoms with Crippen LogP contribution in [-0.4, -0.2) is 27.4 Å². The molecule has 0 atom stereocenters. The second-order valence-electron chi connectivity index (χ2n) is 5.60. The number of fused-ring (bicyclic) bond motifs is 1. The summed E-state index contributed by atoms with van der Waals surface area (Å²) in [6.45, 7) is 0.743. The van der Waals surface area contributed by atoms with Crippen molar-refractivity contribution in [3.63, 3.8) is 0 Å². The molecule has 4 rings (SSSR count). The first-order valence-electron chi connectivity index (χ1n) is 7.59. The molecule has 6 heteroatoms. The lowest BCUT2D eigenvalue weighted by atomic mass is 10.1. The average molecular weight is 323 g/mol. The van der Waals surface area contributed by atoms with E-state index in [1.807, 2.05) is 0 Å². The summed E-state index contributed by atoms with van der Waals surface area (Å²) in [6.07, 6.45) is 0.748. The van der Waals surface area contributed by atoms with Gasteiger partial charge < -0.3 is 10.4 Å². The molecule has 1 aromatic heterocycles. The maximum atomic E-state index is 14.2. The number of halogens is 1. The first kappa shape index (κ1) is 14.4. The molecule has 3 aromatic rings. The quantitative estimate of drug-likeness (QED) is 0.776. The van der Waals surface area contributed by atoms with Gasteiger partial charge in [-0.2, -0.15) is 5.10 Å². The highest BCUT2D eigenvalue weighted by atomic mass is 19.1. The van der Waals surface area contributed by atoms with Gasteiger partial charge in [-0.25, -0.2) is 13.9 Å². The van der Waals surface area contributed by atoms with Crippen LogP contribution < -0.4 is 5.32 Å². The van der Waals surface area contributed by atoms with Gasteiger partial charge in [0.05, 0.1) is 11.3 Å². The summed E-state index contributed by atoms with van der Waals surface area (Å²) in [5.41, 5.74) is 2.80. The van der Waals surface area contributed by atoms with Gasteiger partial charge in [0.25, 0.3) is 0 Å². The summed E-state index contributed by atoms with van der Waals surface area (Å²) < 4.78 is 15.8. The number of aromatic carboxylic acids is 1. The zero-order chi connectivity index (χ0) is 16.7. The topological polar surface area (TPSA) is 67.1 Å². The molecule has 0 aliphatic carbocycles. The maximum absolute atomic E-state index is 14.2. The van der Waals surface area contributed by atoms with E-state index in [-0.39, 0.29) is 11.4 Å². The van der Waals surface area contributed by atoms with E-state index in [1.54, 1.807) is 41.1 Å². The van der Waals surface area contributed by atoms with E-state index in [0.717, 1.165) is 24.3 Å². The van der Waals surface area contributed by atoms with E-state index >= 15 is 0 Å². The van der Waals surface area contributed by atoms with E-state index in [9.17, 15) is 14.3 Å². The number of anilines is 1. The Kier molecular flexibility index (Phi) is 3.30. The van der Waals surface area contributed by atoms with E-state index in [2.05, 4.69) is 10.4 Å². The van der Waals surface area contributed by atoms with Crippen molar-refractivity contribution < 1.29 is 14.3 Å². The maximum Gasteiger partial charge on any atom is 0.335 e. The van der Waals surface area contributed by atoms with Crippen molar-refractivity contribution in [2.75, 3.05) is 11.9 Å². The molecular formula is C18H14FN3O2. The number of carboxylic acid groups (broad SMARTS) is 1. The summed E-state index contributed by atoms with van der Waals surface area (Å²) in [4.78, 5) is 11.2. The Morgan fingerprint density at radius 3 is 2.83 bits per heavy atom. The summed E-state index contributed by atoms with van der Waals surface area (Å²) >= 11 is 0. The lowest BCUT2D eigenvalue weighted by Crippen LogP contribution is -2.06. The molecule has 0 saturated heterocycles. The predicted molar refractivity (Wildman–Crippen MR) is 88.1 cm³/mol. The van der Waals surface area contributed by atoms with Crippen molar-refractivity contribution >= 4 is 11.8 Å². The smallest absolute Gasteiger partial charge is 0.335 e. The lowest BCUT2D eigenvalue weighted by Gasteiger charge is -2.07. The third kappa shape index (κ3) is 2.23. The van der Waals surface area contributed by atoms with Crippen molar-refractivity contribution in [1.29, 1.82) is 0 Å². The van der Waals surface area contributed by atoms with E-state index in [1.165, 1.54) is 12.1 Å². The molecule has 0 fully saturated rings. The van der Waals surface area contributed by atoms with Crippen LogP contribution in [0.3, 0.4) is 0 Å². The normalized spacial score (nSPS) is 12.7. The number of hydrogen-bond donors (Lipinski definition) is 2. The number of aromatic nitrogens is 2. The molecule has 0 unspecified atom stereocenters. The van der Waals surface area contributed by atoms with Gasteiger partial charge in [-0.15, -0.1) is 0 Å². The molecule has 1 aliphatic heterocycles. The van der Waals surface area contributed by atoms with E-state index < -0.39 is 5.97 Å². The molecule has 2 N–H and O–H groups in total. The molecule has 120 valence electrons. The Morgan fingerprint density at radius 2 is 2.04 bits per heavy atom. The van der Waals surface area contributed by atoms with E-state index in [4.69, 9.17) is 0 Å². The fourth-order valence-electron chi connectivity index (χ4n) is 3.00. The molecular weight excluding hydrogens is 309 g/mol. The zero-order valence-corrected chi connectivity index (χ0v) is 12.7. The molecule has 24 heavy (non-hydrogen) atoms. The molecule has 1 aliphatic rings. The summed E-state index contributed by atoms with van der Waals surface area (Å²) in [6, 6.07) is 13.1. The SMILES string of the molecule is O=C(O)c1cccc(-n2nc(-c3ccccc3F)c3c2NCC3)c1. The van der Waals surface area contributed by atoms with Gasteiger partial charge in [-0.1, -0.05) is 18.2 Å². The standard InChI is InChI=1S/C18H14FN3O2/c19-15-7-2-1-6-13(15)16-14-8-9-20-17(14)22(21-16)12-5-3-4-11(10-12)18(23)24/h1-7,10,20H,8-9H2,(H,23,24). The fourth-order valence-corrected chi connectivity index (χ4v) is 3.00. The third-order valence-corrected chi connectivity index (χ3v) is 4.12. The highest BCUT2D eigenvalue weighted by molar-refractivity contribution is 5.88. The Bertz CT molecular complexity index is 949. The van der Waals surface area contributed by atoms with Crippen LogP contribution in [0.15, 0.2) is 48.5 Å². The van der Waals surface area contributed by atoms with Gasteiger partial charge >= 0.3 is 5.97 Å². The molecule has 0 radical (unpaired) electrons. The number of nitrogens with zero attached hydrogens (tertiary/aromatic N) is 2. The predicted octanol–water partition coefficient (Wildman–Crippen LogP) is 3.34. The Balaban J connectivity index is 1.90. The van der Waals surface area contributed by atoms with Crippen molar-refractivity contribution in [3.05, 3.63) is 65.5 Å². The van der Waals surface area contributed by atoms with Crippen LogP contribution in [0, 0.1) is 5.82 Å². The van der Waals surface area contributed by atoms with Crippen LogP contribution in [0.4, 0.5) is 10.2 Å². The number of nitrogens with one attached hydrogen (secondary N) is 1. The summed E-state index contributed by atoms with van der Waals surface area (Å²) in [5.74, 6) is -0.533. The van der Waals surface area contributed by atoms with Gasteiger partial charge in [-0.05, 0) is 36.8 Å². The highest BCUT2D eigenvalue weighted by Crippen LogP contribution is 2.35. The van der Waals surface area contributed by atoms with Gasteiger partial charge in [-0.3, -0.25) is 0 Å². The third-order valence-electron chi connectivity index (χ3n) is 4.12. The molecule has 0 saturated carbocycles. The van der Waals surface area contributed by atoms with Crippen LogP contribution in [0.1, 0.15) is 15.9 Å². The summed E-state index contributed by atoms with van der Waals surface area (Å²) in [7, 11) is 0. The van der Waals surface area contributed by atoms with Gasteiger partial charge in [0.2, 0.25) is 0 Å². The van der Waals surface area contributed by atoms with Crippen LogP contribution >= 0.6 is 0 Å². The second-order valence-corrected chi connectivity index (χ2v) is 5.60. The first-order valence-corrected chi connectivity index (χ1v) is 7.59. The Morgan fingerprint density at radius 1 is 1.21 bits per heavy atom. The van der Waals surface area contributed by atoms with Gasteiger partial charge in [0, 0.05) is 17.7 Å². The average Bonchev–Trinajstić information content (AvgIpc) is 3.18.